The molecule has 1 heterocycles. The number of amides is 6. The molecule has 276 valence electrons. The highest BCUT2D eigenvalue weighted by molar-refractivity contribution is 6.02. The Morgan fingerprint density at radius 2 is 1.57 bits per heavy atom. The highest BCUT2D eigenvalue weighted by Gasteiger charge is 2.40. The number of nitrogens with two attached hydrogens (primary N) is 2. The second-order valence-electron chi connectivity index (χ2n) is 11.6. The van der Waals surface area contributed by atoms with Gasteiger partial charge in [0.1, 0.15) is 35.4 Å². The van der Waals surface area contributed by atoms with Gasteiger partial charge in [0.25, 0.3) is 11.8 Å². The molecule has 0 bridgehead atoms. The molecule has 1 aliphatic heterocycles. The molecule has 6 amide bonds. The maximum Gasteiger partial charge on any atom is 0.328 e. The highest BCUT2D eigenvalue weighted by Crippen LogP contribution is 2.16. The van der Waals surface area contributed by atoms with Crippen molar-refractivity contribution in [3.8, 4) is 0 Å². The van der Waals surface area contributed by atoms with E-state index < -0.39 is 103 Å². The zero-order valence-electron chi connectivity index (χ0n) is 28.2. The summed E-state index contributed by atoms with van der Waals surface area (Å²) in [5.74, 6) is -6.85. The summed E-state index contributed by atoms with van der Waals surface area (Å²) < 4.78 is 0. The van der Waals surface area contributed by atoms with Crippen molar-refractivity contribution in [1.29, 1.82) is 0 Å². The molecule has 0 fully saturated rings. The number of hydrazone groups is 1. The summed E-state index contributed by atoms with van der Waals surface area (Å²) in [7, 11) is 0. The van der Waals surface area contributed by atoms with E-state index in [1.165, 1.54) is 27.0 Å². The van der Waals surface area contributed by atoms with Gasteiger partial charge >= 0.3 is 5.97 Å². The number of aliphatic hydroxyl groups excluding tert-OH is 3. The highest BCUT2D eigenvalue weighted by atomic mass is 16.4. The Bertz CT molecular complexity index is 1300. The molecule has 20 nitrogen and oxygen atoms in total. The van der Waals surface area contributed by atoms with Crippen molar-refractivity contribution >= 4 is 47.6 Å². The molecule has 0 saturated heterocycles. The lowest BCUT2D eigenvalue weighted by molar-refractivity contribution is -0.145. The summed E-state index contributed by atoms with van der Waals surface area (Å²) in [5.41, 5.74) is 9.69. The Balaban J connectivity index is 3.15. The molecule has 0 radical (unpaired) electrons. The molecule has 49 heavy (non-hydrogen) atoms. The number of carbonyl (C=O) groups excluding carboxylic acids is 6. The topological polar surface area (TPSA) is 328 Å². The lowest BCUT2D eigenvalue weighted by Gasteiger charge is -2.34. The zero-order chi connectivity index (χ0) is 37.6. The second kappa shape index (κ2) is 19.5. The van der Waals surface area contributed by atoms with Crippen LogP contribution in [0.3, 0.4) is 0 Å². The number of aliphatic hydroxyl groups is 3. The van der Waals surface area contributed by atoms with Gasteiger partial charge in [0.05, 0.1) is 19.8 Å². The van der Waals surface area contributed by atoms with Crippen molar-refractivity contribution < 1.29 is 54.0 Å². The molecule has 0 spiro atoms. The van der Waals surface area contributed by atoms with Gasteiger partial charge < -0.3 is 58.5 Å². The first-order chi connectivity index (χ1) is 22.9. The van der Waals surface area contributed by atoms with Gasteiger partial charge in [0.15, 0.2) is 6.04 Å². The minimum atomic E-state index is -2.07. The third-order valence-corrected chi connectivity index (χ3v) is 7.71. The average molecular weight is 700 g/mol. The zero-order valence-corrected chi connectivity index (χ0v) is 28.2. The number of carbonyl (C=O) groups is 7. The van der Waals surface area contributed by atoms with Crippen LogP contribution < -0.4 is 38.1 Å². The van der Waals surface area contributed by atoms with Crippen LogP contribution in [0.1, 0.15) is 60.3 Å². The van der Waals surface area contributed by atoms with Crippen LogP contribution in [0.5, 0.6) is 0 Å². The molecule has 0 saturated carbocycles. The number of allylic oxidation sites excluding steroid dienone is 1. The van der Waals surface area contributed by atoms with E-state index in [4.69, 9.17) is 11.5 Å². The molecule has 20 heteroatoms. The third kappa shape index (κ3) is 11.6. The van der Waals surface area contributed by atoms with Gasteiger partial charge in [-0.3, -0.25) is 28.8 Å². The van der Waals surface area contributed by atoms with Gasteiger partial charge in [-0.2, -0.15) is 5.10 Å². The first kappa shape index (κ1) is 42.5. The Labute approximate surface area is 283 Å². The van der Waals surface area contributed by atoms with Gasteiger partial charge in [0, 0.05) is 12.3 Å². The van der Waals surface area contributed by atoms with Gasteiger partial charge in [0.2, 0.25) is 23.6 Å². The molecule has 1 rings (SSSR count). The van der Waals surface area contributed by atoms with Crippen LogP contribution in [0.4, 0.5) is 0 Å². The minimum absolute atomic E-state index is 0.0365. The van der Waals surface area contributed by atoms with Gasteiger partial charge in [-0.05, 0) is 52.0 Å². The van der Waals surface area contributed by atoms with E-state index in [0.717, 1.165) is 5.01 Å². The maximum atomic E-state index is 13.6. The molecule has 6 atom stereocenters. The molecular weight excluding hydrogens is 650 g/mol. The maximum absolute atomic E-state index is 13.6. The minimum Gasteiger partial charge on any atom is -0.480 e. The molecule has 13 N–H and O–H groups in total. The lowest BCUT2D eigenvalue weighted by atomic mass is 10.0. The Morgan fingerprint density at radius 1 is 0.959 bits per heavy atom. The average Bonchev–Trinajstić information content (AvgIpc) is 3.08. The first-order valence-corrected chi connectivity index (χ1v) is 15.6. The largest absolute Gasteiger partial charge is 0.480 e. The number of nitrogens with one attached hydrogen (secondary N) is 5. The molecule has 0 aromatic rings. The fraction of sp³-hybridized carbons (Fsp3) is 0.655. The summed E-state index contributed by atoms with van der Waals surface area (Å²) in [4.78, 5) is 89.8. The van der Waals surface area contributed by atoms with Crippen molar-refractivity contribution in [1.82, 2.24) is 31.6 Å². The van der Waals surface area contributed by atoms with Crippen molar-refractivity contribution in [3.05, 3.63) is 11.3 Å². The Kier molecular flexibility index (Phi) is 16.9. The van der Waals surface area contributed by atoms with Crippen LogP contribution in [0.2, 0.25) is 0 Å². The number of hydrogen-bond donors (Lipinski definition) is 11. The smallest absolute Gasteiger partial charge is 0.328 e. The van der Waals surface area contributed by atoms with Gasteiger partial charge in [-0.15, -0.1) is 0 Å². The number of rotatable bonds is 18. The summed E-state index contributed by atoms with van der Waals surface area (Å²) in [6.45, 7) is 4.76. The van der Waals surface area contributed by atoms with Crippen molar-refractivity contribution in [3.63, 3.8) is 0 Å². The SMILES string of the molecule is CCC(C)=C(NC(=O)C(CC)NC(=O)C1CCC=NN1C(=O)C(NC(=O)C(C)NC(=O)C(N)(CO)CO)C(C)N)C(=O)NC(CO)C(=O)O. The Hall–Kier alpha value is -4.50. The van der Waals surface area contributed by atoms with Crippen molar-refractivity contribution in [2.75, 3.05) is 19.8 Å². The predicted molar refractivity (Wildman–Crippen MR) is 173 cm³/mol. The molecule has 0 aliphatic carbocycles. The number of carboxylic acids is 1. The molecule has 6 unspecified atom stereocenters. The van der Waals surface area contributed by atoms with E-state index in [9.17, 15) is 54.0 Å². The summed E-state index contributed by atoms with van der Waals surface area (Å²) in [5, 5.41) is 53.7. The second-order valence-corrected chi connectivity index (χ2v) is 11.6. The summed E-state index contributed by atoms with van der Waals surface area (Å²) in [6.07, 6.45) is 2.06. The predicted octanol–water partition coefficient (Wildman–Crippen LogP) is -4.76. The fourth-order valence-electron chi connectivity index (χ4n) is 4.25. The number of nitrogens with zero attached hydrogens (tertiary/aromatic N) is 2. The van der Waals surface area contributed by atoms with Crippen LogP contribution in [0, 0.1) is 0 Å². The van der Waals surface area contributed by atoms with Crippen LogP contribution >= 0.6 is 0 Å². The van der Waals surface area contributed by atoms with Crippen LogP contribution in [0.25, 0.3) is 0 Å². The normalized spacial score (nSPS) is 18.1. The fourth-order valence-corrected chi connectivity index (χ4v) is 4.25. The molecule has 0 aromatic heterocycles. The number of hydrogen-bond acceptors (Lipinski definition) is 13. The van der Waals surface area contributed by atoms with Crippen molar-refractivity contribution in [2.45, 2.75) is 102 Å². The lowest BCUT2D eigenvalue weighted by Crippen LogP contribution is -2.64. The van der Waals surface area contributed by atoms with Gasteiger partial charge in [-0.25, -0.2) is 9.80 Å². The standard InChI is InChI=1S/C29H49N9O11/c1-6-14(3)20(25(45)35-18(11-39)27(47)48)36-23(43)17(7-2)34-24(44)19-9-8-10-32-38(19)26(46)21(15(4)30)37-22(42)16(5)33-28(49)29(31,12-40)13-41/h10,15-19,21,39-41H,6-9,11-13,30-31H2,1-5H3,(H,33,49)(H,34,44)(H,35,45)(H,36,43)(H,37,42)(H,47,48). The van der Waals surface area contributed by atoms with Crippen LogP contribution in [-0.4, -0.2) is 135 Å². The first-order valence-electron chi connectivity index (χ1n) is 15.6. The van der Waals surface area contributed by atoms with Crippen molar-refractivity contribution in [2.24, 2.45) is 16.6 Å². The molecule has 1 aliphatic rings. The third-order valence-electron chi connectivity index (χ3n) is 7.71. The Morgan fingerprint density at radius 3 is 2.06 bits per heavy atom. The number of aliphatic carboxylic acids is 1. The van der Waals surface area contributed by atoms with Gasteiger partial charge in [-0.1, -0.05) is 13.8 Å². The van der Waals surface area contributed by atoms with E-state index >= 15 is 0 Å². The quantitative estimate of drug-likeness (QED) is 0.0600. The van der Waals surface area contributed by atoms with Crippen LogP contribution in [-0.2, 0) is 33.6 Å². The van der Waals surface area contributed by atoms with E-state index in [2.05, 4.69) is 31.7 Å². The summed E-state index contributed by atoms with van der Waals surface area (Å²) >= 11 is 0. The molecular formula is C29H49N9O11. The van der Waals surface area contributed by atoms with E-state index in [1.54, 1.807) is 13.8 Å². The van der Waals surface area contributed by atoms with E-state index in [-0.39, 0.29) is 25.0 Å². The molecule has 0 aromatic carbocycles. The van der Waals surface area contributed by atoms with E-state index in [0.29, 0.717) is 12.0 Å². The van der Waals surface area contributed by atoms with Crippen LogP contribution in [0.15, 0.2) is 16.4 Å². The monoisotopic (exact) mass is 699 g/mol. The summed E-state index contributed by atoms with van der Waals surface area (Å²) in [6, 6.07) is -7.88. The number of carboxylic acid groups (broad SMARTS) is 1. The van der Waals surface area contributed by atoms with E-state index in [1.807, 2.05) is 0 Å².